The standard InChI is InChI=1S/C22H20ClN5/c1-13-12-17(23)21-20(25-13)8-6-15(26-21)5-7-18-14(2)28-11-9-19-16(22(28)27-18)4-3-10-24-19/h3-4,6,8-12,14,18H,5,7H2,1-2H3. The molecule has 5 heterocycles. The van der Waals surface area contributed by atoms with Gasteiger partial charge in [-0.2, -0.15) is 0 Å². The minimum Gasteiger partial charge on any atom is -0.328 e. The monoisotopic (exact) mass is 389 g/mol. The van der Waals surface area contributed by atoms with E-state index >= 15 is 0 Å². The normalized spacial score (nSPS) is 20.2. The van der Waals surface area contributed by atoms with Crippen molar-refractivity contribution in [3.8, 4) is 0 Å². The minimum atomic E-state index is 0.218. The summed E-state index contributed by atoms with van der Waals surface area (Å²) in [6.45, 7) is 4.17. The van der Waals surface area contributed by atoms with E-state index in [9.17, 15) is 0 Å². The van der Waals surface area contributed by atoms with E-state index in [2.05, 4.69) is 40.1 Å². The lowest BCUT2D eigenvalue weighted by atomic mass is 10.0. The van der Waals surface area contributed by atoms with Crippen LogP contribution in [0.2, 0.25) is 5.02 Å². The molecule has 3 aromatic rings. The molecule has 0 bridgehead atoms. The molecule has 5 rings (SSSR count). The lowest BCUT2D eigenvalue weighted by Crippen LogP contribution is -2.35. The fourth-order valence-corrected chi connectivity index (χ4v) is 4.29. The molecule has 0 radical (unpaired) electrons. The largest absolute Gasteiger partial charge is 0.328 e. The molecule has 2 unspecified atom stereocenters. The summed E-state index contributed by atoms with van der Waals surface area (Å²) in [5.41, 5.74) is 5.64. The summed E-state index contributed by atoms with van der Waals surface area (Å²) in [5.74, 6) is 1.03. The van der Waals surface area contributed by atoms with Gasteiger partial charge in [-0.15, -0.1) is 0 Å². The highest BCUT2D eigenvalue weighted by atomic mass is 35.5. The summed E-state index contributed by atoms with van der Waals surface area (Å²) in [6.07, 6.45) is 7.77. The second kappa shape index (κ2) is 6.67. The highest BCUT2D eigenvalue weighted by molar-refractivity contribution is 6.34. The number of nitrogens with zero attached hydrogens (tertiary/aromatic N) is 5. The third-order valence-electron chi connectivity index (χ3n) is 5.49. The van der Waals surface area contributed by atoms with Crippen molar-refractivity contribution in [3.63, 3.8) is 0 Å². The van der Waals surface area contributed by atoms with E-state index in [1.807, 2.05) is 37.4 Å². The first kappa shape index (κ1) is 17.3. The van der Waals surface area contributed by atoms with Gasteiger partial charge in [0.1, 0.15) is 11.4 Å². The number of aromatic nitrogens is 3. The van der Waals surface area contributed by atoms with Gasteiger partial charge in [-0.1, -0.05) is 11.6 Å². The fourth-order valence-electron chi connectivity index (χ4n) is 3.99. The van der Waals surface area contributed by atoms with Gasteiger partial charge in [-0.05, 0) is 63.1 Å². The Balaban J connectivity index is 1.38. The molecule has 0 aliphatic carbocycles. The van der Waals surface area contributed by atoms with Crippen molar-refractivity contribution in [2.45, 2.75) is 38.8 Å². The van der Waals surface area contributed by atoms with Crippen LogP contribution < -0.4 is 0 Å². The van der Waals surface area contributed by atoms with E-state index in [4.69, 9.17) is 21.6 Å². The highest BCUT2D eigenvalue weighted by Gasteiger charge is 2.34. The van der Waals surface area contributed by atoms with Gasteiger partial charge in [0.15, 0.2) is 0 Å². The number of aryl methyl sites for hydroxylation is 2. The van der Waals surface area contributed by atoms with Crippen molar-refractivity contribution in [2.24, 2.45) is 4.99 Å². The molecule has 0 fully saturated rings. The van der Waals surface area contributed by atoms with Crippen LogP contribution in [0.1, 0.15) is 36.0 Å². The van der Waals surface area contributed by atoms with E-state index in [-0.39, 0.29) is 6.04 Å². The molecule has 140 valence electrons. The van der Waals surface area contributed by atoms with Crippen LogP contribution in [0.25, 0.3) is 17.1 Å². The molecule has 0 amide bonds. The summed E-state index contributed by atoms with van der Waals surface area (Å²) in [6, 6.07) is 10.5. The Hall–Kier alpha value is -2.79. The molecular weight excluding hydrogens is 370 g/mol. The fraction of sp³-hybridized carbons (Fsp3) is 0.273. The Kier molecular flexibility index (Phi) is 4.13. The maximum atomic E-state index is 6.37. The number of fused-ring (bicyclic) bond motifs is 4. The Bertz CT molecular complexity index is 1140. The van der Waals surface area contributed by atoms with E-state index in [0.29, 0.717) is 11.1 Å². The zero-order valence-corrected chi connectivity index (χ0v) is 16.6. The highest BCUT2D eigenvalue weighted by Crippen LogP contribution is 2.30. The lowest BCUT2D eigenvalue weighted by molar-refractivity contribution is 0.392. The number of pyridine rings is 3. The number of halogens is 1. The van der Waals surface area contributed by atoms with Gasteiger partial charge in [0.25, 0.3) is 0 Å². The second-order valence-electron chi connectivity index (χ2n) is 7.37. The van der Waals surface area contributed by atoms with Crippen LogP contribution in [0.5, 0.6) is 0 Å². The Morgan fingerprint density at radius 3 is 2.96 bits per heavy atom. The van der Waals surface area contributed by atoms with Crippen molar-refractivity contribution >= 4 is 34.5 Å². The lowest BCUT2D eigenvalue weighted by Gasteiger charge is -2.27. The molecule has 0 aromatic carbocycles. The molecule has 0 spiro atoms. The molecule has 6 heteroatoms. The summed E-state index contributed by atoms with van der Waals surface area (Å²) in [5, 5.41) is 0.658. The Labute approximate surface area is 168 Å². The van der Waals surface area contributed by atoms with Crippen LogP contribution in [0.15, 0.2) is 47.7 Å². The quantitative estimate of drug-likeness (QED) is 0.665. The third kappa shape index (κ3) is 2.87. The number of amidine groups is 1. The molecule has 2 atom stereocenters. The molecule has 2 aliphatic heterocycles. The van der Waals surface area contributed by atoms with E-state index in [0.717, 1.165) is 52.4 Å². The van der Waals surface area contributed by atoms with Gasteiger partial charge in [-0.3, -0.25) is 15.0 Å². The number of rotatable bonds is 3. The van der Waals surface area contributed by atoms with Crippen molar-refractivity contribution in [1.29, 1.82) is 0 Å². The van der Waals surface area contributed by atoms with Gasteiger partial charge in [0.05, 0.1) is 28.3 Å². The van der Waals surface area contributed by atoms with Gasteiger partial charge < -0.3 is 4.90 Å². The molecule has 0 saturated heterocycles. The van der Waals surface area contributed by atoms with Crippen LogP contribution >= 0.6 is 11.6 Å². The van der Waals surface area contributed by atoms with Gasteiger partial charge in [-0.25, -0.2) is 4.98 Å². The predicted octanol–water partition coefficient (Wildman–Crippen LogP) is 4.42. The number of hydrogen-bond acceptors (Lipinski definition) is 5. The average molecular weight is 390 g/mol. The first-order valence-corrected chi connectivity index (χ1v) is 9.90. The molecule has 0 N–H and O–H groups in total. The summed E-state index contributed by atoms with van der Waals surface area (Å²) < 4.78 is 0. The number of aliphatic imine (C=N–C) groups is 1. The molecule has 5 nitrogen and oxygen atoms in total. The van der Waals surface area contributed by atoms with Gasteiger partial charge in [0.2, 0.25) is 0 Å². The minimum absolute atomic E-state index is 0.218. The summed E-state index contributed by atoms with van der Waals surface area (Å²) in [4.78, 5) is 21.0. The van der Waals surface area contributed by atoms with Gasteiger partial charge in [0, 0.05) is 29.3 Å². The first-order chi connectivity index (χ1) is 13.6. The Morgan fingerprint density at radius 2 is 2.07 bits per heavy atom. The maximum absolute atomic E-state index is 6.37. The maximum Gasteiger partial charge on any atom is 0.137 e. The van der Waals surface area contributed by atoms with Crippen molar-refractivity contribution in [1.82, 2.24) is 19.9 Å². The van der Waals surface area contributed by atoms with E-state index in [1.165, 1.54) is 0 Å². The van der Waals surface area contributed by atoms with E-state index < -0.39 is 0 Å². The van der Waals surface area contributed by atoms with Crippen LogP contribution in [0.4, 0.5) is 0 Å². The van der Waals surface area contributed by atoms with E-state index in [1.54, 1.807) is 0 Å². The molecular formula is C22H20ClN5. The van der Waals surface area contributed by atoms with Crippen molar-refractivity contribution < 1.29 is 0 Å². The predicted molar refractivity (Wildman–Crippen MR) is 113 cm³/mol. The number of hydrogen-bond donors (Lipinski definition) is 0. The average Bonchev–Trinajstić information content (AvgIpc) is 3.03. The molecule has 0 saturated carbocycles. The van der Waals surface area contributed by atoms with Crippen LogP contribution in [-0.4, -0.2) is 37.8 Å². The van der Waals surface area contributed by atoms with Crippen LogP contribution in [-0.2, 0) is 6.42 Å². The second-order valence-corrected chi connectivity index (χ2v) is 7.78. The Morgan fingerprint density at radius 1 is 1.18 bits per heavy atom. The molecule has 28 heavy (non-hydrogen) atoms. The first-order valence-electron chi connectivity index (χ1n) is 9.52. The van der Waals surface area contributed by atoms with Crippen LogP contribution in [0, 0.1) is 6.92 Å². The third-order valence-corrected chi connectivity index (χ3v) is 5.78. The summed E-state index contributed by atoms with van der Waals surface area (Å²) >= 11 is 6.37. The van der Waals surface area contributed by atoms with Crippen LogP contribution in [0.3, 0.4) is 0 Å². The summed E-state index contributed by atoms with van der Waals surface area (Å²) in [7, 11) is 0. The van der Waals surface area contributed by atoms with Gasteiger partial charge >= 0.3 is 0 Å². The smallest absolute Gasteiger partial charge is 0.137 e. The zero-order chi connectivity index (χ0) is 19.3. The zero-order valence-electron chi connectivity index (χ0n) is 15.8. The molecule has 3 aromatic heterocycles. The van der Waals surface area contributed by atoms with Crippen molar-refractivity contribution in [2.75, 3.05) is 0 Å². The SMILES string of the molecule is Cc1cc(Cl)c2nc(CCC3N=C4c5cccnc5C=CN4C3C)ccc2n1. The van der Waals surface area contributed by atoms with Crippen molar-refractivity contribution in [3.05, 3.63) is 70.4 Å². The molecule has 2 aliphatic rings. The topological polar surface area (TPSA) is 54.3 Å².